The van der Waals surface area contributed by atoms with Gasteiger partial charge in [0.2, 0.25) is 11.7 Å². The standard InChI is InChI=1S/C10H17N5O3/c1-6(2)8-9(15(17)18)10(14(4)13-8)12-5-7(16)11-3/h6,12H,5H2,1-4H3,(H,11,16). The third-order valence-corrected chi connectivity index (χ3v) is 2.47. The van der Waals surface area contributed by atoms with E-state index in [0.717, 1.165) is 0 Å². The van der Waals surface area contributed by atoms with Crippen LogP contribution < -0.4 is 10.6 Å². The number of anilines is 1. The lowest BCUT2D eigenvalue weighted by atomic mass is 10.1. The second kappa shape index (κ2) is 5.48. The summed E-state index contributed by atoms with van der Waals surface area (Å²) in [7, 11) is 3.10. The number of hydrogen-bond acceptors (Lipinski definition) is 5. The largest absolute Gasteiger partial charge is 0.358 e. The molecule has 1 heterocycles. The molecule has 0 aliphatic heterocycles. The molecule has 0 bridgehead atoms. The van der Waals surface area contributed by atoms with Crippen molar-refractivity contribution in [2.45, 2.75) is 19.8 Å². The lowest BCUT2D eigenvalue weighted by Crippen LogP contribution is -2.27. The maximum Gasteiger partial charge on any atom is 0.334 e. The number of amides is 1. The Morgan fingerprint density at radius 1 is 1.56 bits per heavy atom. The first kappa shape index (κ1) is 13.9. The van der Waals surface area contributed by atoms with Crippen LogP contribution in [-0.4, -0.2) is 34.2 Å². The van der Waals surface area contributed by atoms with E-state index in [1.54, 1.807) is 7.05 Å². The summed E-state index contributed by atoms with van der Waals surface area (Å²) in [6.07, 6.45) is 0. The molecule has 100 valence electrons. The molecule has 0 saturated carbocycles. The Bertz CT molecular complexity index is 466. The molecule has 0 fully saturated rings. The minimum Gasteiger partial charge on any atom is -0.358 e. The number of nitrogens with one attached hydrogen (secondary N) is 2. The molecule has 0 atom stereocenters. The van der Waals surface area contributed by atoms with Gasteiger partial charge in [-0.1, -0.05) is 13.8 Å². The Balaban J connectivity index is 3.10. The monoisotopic (exact) mass is 255 g/mol. The van der Waals surface area contributed by atoms with E-state index in [1.807, 2.05) is 13.8 Å². The van der Waals surface area contributed by atoms with Crippen molar-refractivity contribution in [3.8, 4) is 0 Å². The van der Waals surface area contributed by atoms with Crippen LogP contribution in [0.2, 0.25) is 0 Å². The van der Waals surface area contributed by atoms with E-state index in [4.69, 9.17) is 0 Å². The van der Waals surface area contributed by atoms with Gasteiger partial charge in [0.1, 0.15) is 5.69 Å². The topological polar surface area (TPSA) is 102 Å². The van der Waals surface area contributed by atoms with Crippen molar-refractivity contribution in [2.75, 3.05) is 18.9 Å². The molecule has 0 unspecified atom stereocenters. The zero-order valence-corrected chi connectivity index (χ0v) is 10.9. The lowest BCUT2D eigenvalue weighted by molar-refractivity contribution is -0.384. The van der Waals surface area contributed by atoms with Gasteiger partial charge >= 0.3 is 5.69 Å². The highest BCUT2D eigenvalue weighted by Crippen LogP contribution is 2.32. The van der Waals surface area contributed by atoms with Gasteiger partial charge in [-0.3, -0.25) is 14.9 Å². The van der Waals surface area contributed by atoms with Crippen molar-refractivity contribution in [3.63, 3.8) is 0 Å². The van der Waals surface area contributed by atoms with Crippen molar-refractivity contribution < 1.29 is 9.72 Å². The van der Waals surface area contributed by atoms with E-state index in [1.165, 1.54) is 11.7 Å². The Kier molecular flexibility index (Phi) is 4.24. The van der Waals surface area contributed by atoms with Crippen LogP contribution in [0.3, 0.4) is 0 Å². The van der Waals surface area contributed by atoms with E-state index in [9.17, 15) is 14.9 Å². The number of nitrogens with zero attached hydrogens (tertiary/aromatic N) is 3. The molecule has 0 saturated heterocycles. The maximum atomic E-state index is 11.1. The zero-order chi connectivity index (χ0) is 13.9. The Morgan fingerprint density at radius 3 is 2.61 bits per heavy atom. The second-order valence-corrected chi connectivity index (χ2v) is 4.14. The molecule has 0 spiro atoms. The quantitative estimate of drug-likeness (QED) is 0.592. The van der Waals surface area contributed by atoms with Crippen LogP contribution in [-0.2, 0) is 11.8 Å². The number of rotatable bonds is 5. The third-order valence-electron chi connectivity index (χ3n) is 2.47. The molecular weight excluding hydrogens is 238 g/mol. The summed E-state index contributed by atoms with van der Waals surface area (Å²) in [5.41, 5.74) is 0.332. The van der Waals surface area contributed by atoms with E-state index in [2.05, 4.69) is 15.7 Å². The first-order valence-electron chi connectivity index (χ1n) is 5.54. The van der Waals surface area contributed by atoms with Gasteiger partial charge in [-0.05, 0) is 0 Å². The predicted octanol–water partition coefficient (Wildman–Crippen LogP) is 0.610. The van der Waals surface area contributed by atoms with Gasteiger partial charge < -0.3 is 10.6 Å². The third kappa shape index (κ3) is 2.76. The molecule has 1 rings (SSSR count). The van der Waals surface area contributed by atoms with Gasteiger partial charge in [-0.15, -0.1) is 0 Å². The molecule has 0 aromatic carbocycles. The summed E-state index contributed by atoms with van der Waals surface area (Å²) in [5, 5.41) is 20.4. The van der Waals surface area contributed by atoms with Crippen LogP contribution in [0.4, 0.5) is 11.5 Å². The van der Waals surface area contributed by atoms with Crippen LogP contribution in [0.15, 0.2) is 0 Å². The van der Waals surface area contributed by atoms with E-state index < -0.39 is 4.92 Å². The average molecular weight is 255 g/mol. The number of aromatic nitrogens is 2. The SMILES string of the molecule is CNC(=O)CNc1c([N+](=O)[O-])c(C(C)C)nn1C. The van der Waals surface area contributed by atoms with E-state index in [0.29, 0.717) is 5.69 Å². The highest BCUT2D eigenvalue weighted by Gasteiger charge is 2.28. The minimum atomic E-state index is -0.478. The summed E-state index contributed by atoms with van der Waals surface area (Å²) in [6, 6.07) is 0. The van der Waals surface area contributed by atoms with Crippen LogP contribution in [0.25, 0.3) is 0 Å². The number of carbonyl (C=O) groups is 1. The Labute approximate surface area is 105 Å². The molecule has 0 radical (unpaired) electrons. The van der Waals surface area contributed by atoms with Crippen molar-refractivity contribution in [1.82, 2.24) is 15.1 Å². The highest BCUT2D eigenvalue weighted by molar-refractivity contribution is 5.81. The van der Waals surface area contributed by atoms with Gasteiger partial charge in [-0.2, -0.15) is 5.10 Å². The molecule has 2 N–H and O–H groups in total. The van der Waals surface area contributed by atoms with Gasteiger partial charge in [0, 0.05) is 20.0 Å². The summed E-state index contributed by atoms with van der Waals surface area (Å²) in [6.45, 7) is 3.63. The Morgan fingerprint density at radius 2 is 2.17 bits per heavy atom. The van der Waals surface area contributed by atoms with Crippen LogP contribution in [0.1, 0.15) is 25.5 Å². The van der Waals surface area contributed by atoms with Crippen molar-refractivity contribution in [2.24, 2.45) is 7.05 Å². The van der Waals surface area contributed by atoms with Crippen molar-refractivity contribution in [1.29, 1.82) is 0 Å². The number of likely N-dealkylation sites (N-methyl/N-ethyl adjacent to an activating group) is 1. The normalized spacial score (nSPS) is 10.5. The van der Waals surface area contributed by atoms with Crippen LogP contribution in [0, 0.1) is 10.1 Å². The first-order chi connectivity index (χ1) is 8.38. The number of hydrogen-bond donors (Lipinski definition) is 2. The lowest BCUT2D eigenvalue weighted by Gasteiger charge is -2.04. The summed E-state index contributed by atoms with van der Waals surface area (Å²) >= 11 is 0. The van der Waals surface area contributed by atoms with Crippen LogP contribution >= 0.6 is 0 Å². The predicted molar refractivity (Wildman–Crippen MR) is 66.5 cm³/mol. The number of aryl methyl sites for hydroxylation is 1. The van der Waals surface area contributed by atoms with E-state index >= 15 is 0 Å². The Hall–Kier alpha value is -2.12. The smallest absolute Gasteiger partial charge is 0.334 e. The fourth-order valence-corrected chi connectivity index (χ4v) is 1.55. The van der Waals surface area contributed by atoms with Crippen molar-refractivity contribution in [3.05, 3.63) is 15.8 Å². The molecule has 1 aromatic heterocycles. The molecule has 1 aromatic rings. The second-order valence-electron chi connectivity index (χ2n) is 4.14. The summed E-state index contributed by atoms with van der Waals surface area (Å²) in [4.78, 5) is 21.8. The highest BCUT2D eigenvalue weighted by atomic mass is 16.6. The fraction of sp³-hybridized carbons (Fsp3) is 0.600. The molecule has 1 amide bonds. The minimum absolute atomic E-state index is 0.0333. The summed E-state index contributed by atoms with van der Waals surface area (Å²) < 4.78 is 1.39. The van der Waals surface area contributed by atoms with Gasteiger partial charge in [-0.25, -0.2) is 4.68 Å². The van der Waals surface area contributed by atoms with Gasteiger partial charge in [0.05, 0.1) is 11.5 Å². The number of carbonyl (C=O) groups excluding carboxylic acids is 1. The van der Waals surface area contributed by atoms with Crippen molar-refractivity contribution >= 4 is 17.4 Å². The van der Waals surface area contributed by atoms with E-state index in [-0.39, 0.29) is 29.9 Å². The summed E-state index contributed by atoms with van der Waals surface area (Å²) in [5.74, 6) is -0.0731. The zero-order valence-electron chi connectivity index (χ0n) is 10.9. The maximum absolute atomic E-state index is 11.1. The number of nitro groups is 1. The average Bonchev–Trinajstić information content (AvgIpc) is 2.63. The van der Waals surface area contributed by atoms with Gasteiger partial charge in [0.15, 0.2) is 0 Å². The molecule has 8 nitrogen and oxygen atoms in total. The molecule has 18 heavy (non-hydrogen) atoms. The fourth-order valence-electron chi connectivity index (χ4n) is 1.55. The molecule has 0 aliphatic carbocycles. The van der Waals surface area contributed by atoms with Gasteiger partial charge in [0.25, 0.3) is 0 Å². The first-order valence-corrected chi connectivity index (χ1v) is 5.54. The van der Waals surface area contributed by atoms with Crippen LogP contribution in [0.5, 0.6) is 0 Å². The molecular formula is C10H17N5O3. The molecule has 0 aliphatic rings. The molecule has 8 heteroatoms.